The smallest absolute Gasteiger partial charge is 0.224 e. The number of carbonyl (C=O) groups is 1. The molecule has 1 atom stereocenters. The van der Waals surface area contributed by atoms with Gasteiger partial charge in [0.2, 0.25) is 5.91 Å². The van der Waals surface area contributed by atoms with Crippen LogP contribution in [-0.4, -0.2) is 18.0 Å². The highest BCUT2D eigenvalue weighted by Crippen LogP contribution is 2.17. The second-order valence-electron chi connectivity index (χ2n) is 4.68. The molecule has 0 saturated heterocycles. The predicted octanol–water partition coefficient (Wildman–Crippen LogP) is 3.16. The first-order valence-electron chi connectivity index (χ1n) is 6.63. The van der Waals surface area contributed by atoms with E-state index in [1.165, 1.54) is 0 Å². The van der Waals surface area contributed by atoms with E-state index in [2.05, 4.69) is 10.3 Å². The molecule has 1 aromatic heterocycles. The minimum Gasteiger partial charge on any atom is -0.495 e. The third kappa shape index (κ3) is 4.20. The van der Waals surface area contributed by atoms with Crippen molar-refractivity contribution in [3.05, 3.63) is 58.9 Å². The SMILES string of the molecule is COc1ccc([C@@H](C)NC(=O)Cc2ccccc2Cl)nc1. The van der Waals surface area contributed by atoms with E-state index in [1.807, 2.05) is 37.3 Å². The lowest BCUT2D eigenvalue weighted by Crippen LogP contribution is -2.28. The van der Waals surface area contributed by atoms with Crippen LogP contribution in [0.4, 0.5) is 0 Å². The van der Waals surface area contributed by atoms with Crippen molar-refractivity contribution in [2.45, 2.75) is 19.4 Å². The normalized spacial score (nSPS) is 11.8. The number of pyridine rings is 1. The maximum atomic E-state index is 12.0. The monoisotopic (exact) mass is 304 g/mol. The summed E-state index contributed by atoms with van der Waals surface area (Å²) in [6.45, 7) is 1.89. The molecular weight excluding hydrogens is 288 g/mol. The van der Waals surface area contributed by atoms with Crippen molar-refractivity contribution in [3.63, 3.8) is 0 Å². The van der Waals surface area contributed by atoms with Crippen molar-refractivity contribution >= 4 is 17.5 Å². The molecule has 2 rings (SSSR count). The van der Waals surface area contributed by atoms with Gasteiger partial charge in [-0.05, 0) is 30.7 Å². The van der Waals surface area contributed by atoms with E-state index in [1.54, 1.807) is 19.4 Å². The van der Waals surface area contributed by atoms with E-state index in [0.29, 0.717) is 10.8 Å². The number of benzene rings is 1. The molecular formula is C16H17ClN2O2. The topological polar surface area (TPSA) is 51.2 Å². The molecule has 0 spiro atoms. The molecule has 5 heteroatoms. The Kier molecular flexibility index (Phi) is 5.17. The summed E-state index contributed by atoms with van der Waals surface area (Å²) in [7, 11) is 1.59. The highest BCUT2D eigenvalue weighted by molar-refractivity contribution is 6.31. The third-order valence-electron chi connectivity index (χ3n) is 3.12. The summed E-state index contributed by atoms with van der Waals surface area (Å²) in [6, 6.07) is 10.8. The molecule has 1 amide bonds. The van der Waals surface area contributed by atoms with Crippen molar-refractivity contribution < 1.29 is 9.53 Å². The maximum absolute atomic E-state index is 12.0. The zero-order valence-corrected chi connectivity index (χ0v) is 12.7. The lowest BCUT2D eigenvalue weighted by atomic mass is 10.1. The molecule has 1 aromatic carbocycles. The van der Waals surface area contributed by atoms with Gasteiger partial charge in [0.15, 0.2) is 0 Å². The first-order valence-corrected chi connectivity index (χ1v) is 7.00. The number of ether oxygens (including phenoxy) is 1. The lowest BCUT2D eigenvalue weighted by molar-refractivity contribution is -0.121. The van der Waals surface area contributed by atoms with E-state index in [9.17, 15) is 4.79 Å². The summed E-state index contributed by atoms with van der Waals surface area (Å²) in [5, 5.41) is 3.51. The lowest BCUT2D eigenvalue weighted by Gasteiger charge is -2.14. The van der Waals surface area contributed by atoms with Crippen LogP contribution in [0.1, 0.15) is 24.2 Å². The summed E-state index contributed by atoms with van der Waals surface area (Å²) in [4.78, 5) is 16.3. The number of hydrogen-bond acceptors (Lipinski definition) is 3. The van der Waals surface area contributed by atoms with Gasteiger partial charge in [0, 0.05) is 5.02 Å². The van der Waals surface area contributed by atoms with Gasteiger partial charge in [0.25, 0.3) is 0 Å². The van der Waals surface area contributed by atoms with Crippen molar-refractivity contribution in [1.82, 2.24) is 10.3 Å². The van der Waals surface area contributed by atoms with Crippen LogP contribution in [0.25, 0.3) is 0 Å². The van der Waals surface area contributed by atoms with Gasteiger partial charge in [-0.25, -0.2) is 0 Å². The molecule has 0 bridgehead atoms. The Morgan fingerprint density at radius 3 is 2.71 bits per heavy atom. The van der Waals surface area contributed by atoms with Gasteiger partial charge in [0.1, 0.15) is 5.75 Å². The Bertz CT molecular complexity index is 614. The summed E-state index contributed by atoms with van der Waals surface area (Å²) in [6.07, 6.45) is 1.88. The molecule has 0 aliphatic heterocycles. The van der Waals surface area contributed by atoms with Gasteiger partial charge in [-0.3, -0.25) is 9.78 Å². The van der Waals surface area contributed by atoms with E-state index < -0.39 is 0 Å². The van der Waals surface area contributed by atoms with E-state index in [-0.39, 0.29) is 18.4 Å². The number of hydrogen-bond donors (Lipinski definition) is 1. The average molecular weight is 305 g/mol. The van der Waals surface area contributed by atoms with Crippen LogP contribution in [0, 0.1) is 0 Å². The fourth-order valence-corrected chi connectivity index (χ4v) is 2.15. The molecule has 0 aliphatic rings. The van der Waals surface area contributed by atoms with Gasteiger partial charge < -0.3 is 10.1 Å². The maximum Gasteiger partial charge on any atom is 0.224 e. The molecule has 4 nitrogen and oxygen atoms in total. The first-order chi connectivity index (χ1) is 10.1. The highest BCUT2D eigenvalue weighted by Gasteiger charge is 2.12. The predicted molar refractivity (Wildman–Crippen MR) is 82.5 cm³/mol. The van der Waals surface area contributed by atoms with Crippen LogP contribution in [0.2, 0.25) is 5.02 Å². The van der Waals surface area contributed by atoms with Crippen molar-refractivity contribution in [2.75, 3.05) is 7.11 Å². The standard InChI is InChI=1S/C16H17ClN2O2/c1-11(15-8-7-13(21-2)10-18-15)19-16(20)9-12-5-3-4-6-14(12)17/h3-8,10-11H,9H2,1-2H3,(H,19,20)/t11-/m1/s1. The number of rotatable bonds is 5. The highest BCUT2D eigenvalue weighted by atomic mass is 35.5. The number of halogens is 1. The van der Waals surface area contributed by atoms with Gasteiger partial charge in [-0.1, -0.05) is 29.8 Å². The number of amides is 1. The Balaban J connectivity index is 1.97. The van der Waals surface area contributed by atoms with Crippen LogP contribution >= 0.6 is 11.6 Å². The van der Waals surface area contributed by atoms with Crippen molar-refractivity contribution in [3.8, 4) is 5.75 Å². The van der Waals surface area contributed by atoms with E-state index in [4.69, 9.17) is 16.3 Å². The summed E-state index contributed by atoms with van der Waals surface area (Å²) >= 11 is 6.05. The fraction of sp³-hybridized carbons (Fsp3) is 0.250. The fourth-order valence-electron chi connectivity index (χ4n) is 1.95. The first kappa shape index (κ1) is 15.3. The zero-order valence-electron chi connectivity index (χ0n) is 12.0. The summed E-state index contributed by atoms with van der Waals surface area (Å²) in [5.41, 5.74) is 1.59. The molecule has 1 N–H and O–H groups in total. The molecule has 0 fully saturated rings. The molecule has 1 heterocycles. The van der Waals surface area contributed by atoms with Crippen molar-refractivity contribution in [2.24, 2.45) is 0 Å². The van der Waals surface area contributed by atoms with Gasteiger partial charge >= 0.3 is 0 Å². The number of nitrogens with one attached hydrogen (secondary N) is 1. The minimum absolute atomic E-state index is 0.0896. The quantitative estimate of drug-likeness (QED) is 0.923. The molecule has 0 aliphatic carbocycles. The molecule has 21 heavy (non-hydrogen) atoms. The number of methoxy groups -OCH3 is 1. The van der Waals surface area contributed by atoms with Crippen LogP contribution < -0.4 is 10.1 Å². The second kappa shape index (κ2) is 7.09. The summed E-state index contributed by atoms with van der Waals surface area (Å²) in [5.74, 6) is 0.599. The van der Waals surface area contributed by atoms with E-state index in [0.717, 1.165) is 11.3 Å². The summed E-state index contributed by atoms with van der Waals surface area (Å²) < 4.78 is 5.06. The Morgan fingerprint density at radius 2 is 2.10 bits per heavy atom. The molecule has 0 radical (unpaired) electrons. The second-order valence-corrected chi connectivity index (χ2v) is 5.09. The Labute approximate surface area is 129 Å². The van der Waals surface area contributed by atoms with Crippen LogP contribution in [0.5, 0.6) is 5.75 Å². The zero-order chi connectivity index (χ0) is 15.2. The van der Waals surface area contributed by atoms with Crippen LogP contribution in [0.3, 0.4) is 0 Å². The molecule has 110 valence electrons. The molecule has 0 saturated carbocycles. The molecule has 2 aromatic rings. The van der Waals surface area contributed by atoms with Gasteiger partial charge in [-0.15, -0.1) is 0 Å². The largest absolute Gasteiger partial charge is 0.495 e. The van der Waals surface area contributed by atoms with E-state index >= 15 is 0 Å². The number of carbonyl (C=O) groups excluding carboxylic acids is 1. The molecule has 0 unspecified atom stereocenters. The minimum atomic E-state index is -0.175. The van der Waals surface area contributed by atoms with Gasteiger partial charge in [-0.2, -0.15) is 0 Å². The Morgan fingerprint density at radius 1 is 1.33 bits per heavy atom. The van der Waals surface area contributed by atoms with Crippen LogP contribution in [-0.2, 0) is 11.2 Å². The van der Waals surface area contributed by atoms with Gasteiger partial charge in [0.05, 0.1) is 31.5 Å². The number of nitrogens with zero attached hydrogens (tertiary/aromatic N) is 1. The third-order valence-corrected chi connectivity index (χ3v) is 3.49. The number of aromatic nitrogens is 1. The Hall–Kier alpha value is -2.07. The van der Waals surface area contributed by atoms with Crippen molar-refractivity contribution in [1.29, 1.82) is 0 Å². The average Bonchev–Trinajstić information content (AvgIpc) is 2.49. The van der Waals surface area contributed by atoms with Crippen LogP contribution in [0.15, 0.2) is 42.6 Å².